The average Bonchev–Trinajstić information content (AvgIpc) is 2.21. The van der Waals surface area contributed by atoms with Gasteiger partial charge < -0.3 is 8.85 Å². The predicted molar refractivity (Wildman–Crippen MR) is 54.8 cm³/mol. The van der Waals surface area contributed by atoms with Crippen LogP contribution in [0.5, 0.6) is 0 Å². The summed E-state index contributed by atoms with van der Waals surface area (Å²) in [5.74, 6) is 0. The summed E-state index contributed by atoms with van der Waals surface area (Å²) in [6.07, 6.45) is 0. The van der Waals surface area contributed by atoms with Gasteiger partial charge in [0.25, 0.3) is 0 Å². The van der Waals surface area contributed by atoms with Gasteiger partial charge in [-0.05, 0) is 5.56 Å². The highest BCUT2D eigenvalue weighted by molar-refractivity contribution is 6.58. The fourth-order valence-electron chi connectivity index (χ4n) is 1.05. The largest absolute Gasteiger partial charge is 0.408 e. The van der Waals surface area contributed by atoms with Gasteiger partial charge in [-0.15, -0.1) is 11.6 Å². The lowest BCUT2D eigenvalue weighted by Crippen LogP contribution is -2.25. The van der Waals surface area contributed by atoms with Crippen molar-refractivity contribution in [2.45, 2.75) is 5.00 Å². The van der Waals surface area contributed by atoms with E-state index in [9.17, 15) is 0 Å². The number of benzene rings is 1. The summed E-state index contributed by atoms with van der Waals surface area (Å²) < 4.78 is 10.3. The van der Waals surface area contributed by atoms with Crippen molar-refractivity contribution in [3.63, 3.8) is 0 Å². The van der Waals surface area contributed by atoms with E-state index in [0.717, 1.165) is 5.56 Å². The number of rotatable bonds is 4. The Morgan fingerprint density at radius 2 is 1.69 bits per heavy atom. The summed E-state index contributed by atoms with van der Waals surface area (Å²) in [5, 5.41) is -0.166. The topological polar surface area (TPSA) is 18.5 Å². The second-order valence-electron chi connectivity index (χ2n) is 2.50. The van der Waals surface area contributed by atoms with Crippen molar-refractivity contribution in [1.29, 1.82) is 0 Å². The van der Waals surface area contributed by atoms with Crippen LogP contribution in [0, 0.1) is 0 Å². The average molecular weight is 216 g/mol. The van der Waals surface area contributed by atoms with Crippen LogP contribution >= 0.6 is 11.6 Å². The van der Waals surface area contributed by atoms with E-state index in [1.165, 1.54) is 0 Å². The Bertz CT molecular complexity index is 239. The molecule has 0 fully saturated rings. The molecule has 1 atom stereocenters. The molecule has 0 N–H and O–H groups in total. The number of halogens is 1. The van der Waals surface area contributed by atoms with Gasteiger partial charge in [-0.1, -0.05) is 30.3 Å². The summed E-state index contributed by atoms with van der Waals surface area (Å²) in [7, 11) is 1.85. The molecule has 0 amide bonds. The standard InChI is InChI=1S/C9H12ClO2Si/c1-11-13(12-2)9(10)8-6-4-3-5-7-8/h3-7,9H,1-2H3. The molecule has 2 nitrogen and oxygen atoms in total. The van der Waals surface area contributed by atoms with Gasteiger partial charge in [0, 0.05) is 14.2 Å². The van der Waals surface area contributed by atoms with Crippen LogP contribution in [0.4, 0.5) is 0 Å². The quantitative estimate of drug-likeness (QED) is 0.567. The molecule has 1 rings (SSSR count). The van der Waals surface area contributed by atoms with E-state index in [1.807, 2.05) is 30.3 Å². The first-order chi connectivity index (χ1) is 6.29. The second kappa shape index (κ2) is 5.39. The van der Waals surface area contributed by atoms with Crippen LogP contribution in [-0.4, -0.2) is 23.5 Å². The van der Waals surface area contributed by atoms with E-state index >= 15 is 0 Å². The molecule has 1 aromatic carbocycles. The second-order valence-corrected chi connectivity index (χ2v) is 5.33. The Kier molecular flexibility index (Phi) is 4.45. The molecular weight excluding hydrogens is 204 g/mol. The molecule has 0 bridgehead atoms. The Hall–Kier alpha value is -0.353. The van der Waals surface area contributed by atoms with Gasteiger partial charge in [0.1, 0.15) is 5.00 Å². The SMILES string of the molecule is CO[Si](OC)C(Cl)c1ccccc1. The minimum absolute atomic E-state index is 0.166. The maximum atomic E-state index is 6.17. The molecule has 0 heterocycles. The van der Waals surface area contributed by atoms with Crippen molar-refractivity contribution in [3.8, 4) is 0 Å². The fraction of sp³-hybridized carbons (Fsp3) is 0.333. The van der Waals surface area contributed by atoms with Crippen molar-refractivity contribution in [2.75, 3.05) is 14.2 Å². The molecule has 71 valence electrons. The first-order valence-corrected chi connectivity index (χ1v) is 5.76. The van der Waals surface area contributed by atoms with Crippen molar-refractivity contribution < 1.29 is 8.85 Å². The van der Waals surface area contributed by atoms with E-state index in [2.05, 4.69) is 0 Å². The third-order valence-electron chi connectivity index (χ3n) is 1.70. The van der Waals surface area contributed by atoms with Gasteiger partial charge in [0.15, 0.2) is 0 Å². The number of alkyl halides is 1. The molecule has 0 spiro atoms. The first-order valence-electron chi connectivity index (χ1n) is 3.93. The molecule has 0 aliphatic rings. The van der Waals surface area contributed by atoms with Gasteiger partial charge in [-0.3, -0.25) is 0 Å². The molecule has 1 unspecified atom stereocenters. The van der Waals surface area contributed by atoms with Gasteiger partial charge >= 0.3 is 9.28 Å². The van der Waals surface area contributed by atoms with Crippen molar-refractivity contribution >= 4 is 20.9 Å². The molecule has 0 aliphatic heterocycles. The fourth-order valence-corrected chi connectivity index (χ4v) is 2.77. The Morgan fingerprint density at radius 3 is 2.15 bits per heavy atom. The Morgan fingerprint density at radius 1 is 1.15 bits per heavy atom. The van der Waals surface area contributed by atoms with Crippen LogP contribution < -0.4 is 0 Å². The van der Waals surface area contributed by atoms with Gasteiger partial charge in [0.05, 0.1) is 0 Å². The zero-order valence-corrected chi connectivity index (χ0v) is 9.41. The number of hydrogen-bond donors (Lipinski definition) is 0. The lowest BCUT2D eigenvalue weighted by atomic mass is 10.2. The summed E-state index contributed by atoms with van der Waals surface area (Å²) in [6, 6.07) is 9.81. The van der Waals surface area contributed by atoms with Gasteiger partial charge in [-0.25, -0.2) is 0 Å². The Labute approximate surface area is 85.3 Å². The molecule has 0 aliphatic carbocycles. The van der Waals surface area contributed by atoms with Gasteiger partial charge in [0.2, 0.25) is 0 Å². The van der Waals surface area contributed by atoms with Crippen molar-refractivity contribution in [3.05, 3.63) is 35.9 Å². The minimum atomic E-state index is -1.39. The predicted octanol–water partition coefficient (Wildman–Crippen LogP) is 2.29. The lowest BCUT2D eigenvalue weighted by Gasteiger charge is -2.15. The summed E-state index contributed by atoms with van der Waals surface area (Å²) in [6.45, 7) is 0. The molecular formula is C9H12ClO2Si. The van der Waals surface area contributed by atoms with Crippen LogP contribution in [0.2, 0.25) is 0 Å². The molecule has 1 aromatic rings. The molecule has 4 heteroatoms. The molecule has 1 radical (unpaired) electrons. The summed E-state index contributed by atoms with van der Waals surface area (Å²) in [5.41, 5.74) is 1.04. The molecule has 13 heavy (non-hydrogen) atoms. The third kappa shape index (κ3) is 2.81. The molecule has 0 saturated carbocycles. The maximum Gasteiger partial charge on any atom is 0.408 e. The zero-order valence-electron chi connectivity index (χ0n) is 7.66. The maximum absolute atomic E-state index is 6.17. The smallest absolute Gasteiger partial charge is 0.396 e. The van der Waals surface area contributed by atoms with E-state index in [-0.39, 0.29) is 5.00 Å². The minimum Gasteiger partial charge on any atom is -0.396 e. The molecule has 0 saturated heterocycles. The van der Waals surface area contributed by atoms with E-state index < -0.39 is 9.28 Å². The van der Waals surface area contributed by atoms with E-state index in [1.54, 1.807) is 14.2 Å². The highest BCUT2D eigenvalue weighted by Crippen LogP contribution is 2.23. The van der Waals surface area contributed by atoms with E-state index in [4.69, 9.17) is 20.5 Å². The highest BCUT2D eigenvalue weighted by Gasteiger charge is 2.25. The van der Waals surface area contributed by atoms with Crippen LogP contribution in [0.1, 0.15) is 10.6 Å². The van der Waals surface area contributed by atoms with Crippen molar-refractivity contribution in [2.24, 2.45) is 0 Å². The van der Waals surface area contributed by atoms with Crippen LogP contribution in [0.15, 0.2) is 30.3 Å². The summed E-state index contributed by atoms with van der Waals surface area (Å²) >= 11 is 6.17. The third-order valence-corrected chi connectivity index (χ3v) is 4.04. The van der Waals surface area contributed by atoms with Crippen LogP contribution in [0.3, 0.4) is 0 Å². The van der Waals surface area contributed by atoms with Crippen LogP contribution in [-0.2, 0) is 8.85 Å². The lowest BCUT2D eigenvalue weighted by molar-refractivity contribution is 0.275. The summed E-state index contributed by atoms with van der Waals surface area (Å²) in [4.78, 5) is 0. The van der Waals surface area contributed by atoms with Crippen LogP contribution in [0.25, 0.3) is 0 Å². The first kappa shape index (κ1) is 10.7. The van der Waals surface area contributed by atoms with Crippen molar-refractivity contribution in [1.82, 2.24) is 0 Å². The monoisotopic (exact) mass is 215 g/mol. The number of hydrogen-bond acceptors (Lipinski definition) is 2. The molecule has 0 aromatic heterocycles. The normalized spacial score (nSPS) is 13.2. The zero-order chi connectivity index (χ0) is 9.68. The Balaban J connectivity index is 2.72. The van der Waals surface area contributed by atoms with E-state index in [0.29, 0.717) is 0 Å². The highest BCUT2D eigenvalue weighted by atomic mass is 35.5. The van der Waals surface area contributed by atoms with Gasteiger partial charge in [-0.2, -0.15) is 0 Å².